The van der Waals surface area contributed by atoms with E-state index in [0.29, 0.717) is 0 Å². The lowest BCUT2D eigenvalue weighted by Crippen LogP contribution is -2.08. The van der Waals surface area contributed by atoms with E-state index < -0.39 is 0 Å². The van der Waals surface area contributed by atoms with Gasteiger partial charge in [0.1, 0.15) is 0 Å². The van der Waals surface area contributed by atoms with Crippen molar-refractivity contribution in [1.29, 1.82) is 0 Å². The zero-order chi connectivity index (χ0) is 13.1. The second-order valence-corrected chi connectivity index (χ2v) is 5.56. The van der Waals surface area contributed by atoms with Crippen molar-refractivity contribution >= 4 is 33.2 Å². The van der Waals surface area contributed by atoms with Gasteiger partial charge in [0.05, 0.1) is 0 Å². The number of halogens is 2. The Labute approximate surface area is 121 Å². The van der Waals surface area contributed by atoms with Gasteiger partial charge in [0.15, 0.2) is 0 Å². The van der Waals surface area contributed by atoms with Crippen LogP contribution >= 0.6 is 27.5 Å². The number of benzene rings is 2. The minimum Gasteiger partial charge on any atom is -0.378 e. The van der Waals surface area contributed by atoms with Crippen LogP contribution in [0, 0.1) is 6.92 Å². The van der Waals surface area contributed by atoms with Crippen molar-refractivity contribution in [2.75, 3.05) is 5.32 Å². The Morgan fingerprint density at radius 3 is 2.56 bits per heavy atom. The molecule has 2 rings (SSSR count). The van der Waals surface area contributed by atoms with Crippen molar-refractivity contribution in [1.82, 2.24) is 0 Å². The van der Waals surface area contributed by atoms with Crippen LogP contribution in [0.5, 0.6) is 0 Å². The Hall–Kier alpha value is -0.990. The monoisotopic (exact) mass is 323 g/mol. The van der Waals surface area contributed by atoms with Crippen LogP contribution in [0.3, 0.4) is 0 Å². The molecule has 0 spiro atoms. The van der Waals surface area contributed by atoms with Gasteiger partial charge in [-0.25, -0.2) is 0 Å². The van der Waals surface area contributed by atoms with Crippen molar-refractivity contribution in [3.05, 3.63) is 63.1 Å². The highest BCUT2D eigenvalue weighted by Crippen LogP contribution is 2.29. The van der Waals surface area contributed by atoms with Gasteiger partial charge in [0, 0.05) is 21.2 Å². The molecule has 0 aliphatic rings. The molecular weight excluding hydrogens is 310 g/mol. The summed E-state index contributed by atoms with van der Waals surface area (Å²) in [4.78, 5) is 0. The third-order valence-corrected chi connectivity index (χ3v) is 4.14. The van der Waals surface area contributed by atoms with E-state index in [9.17, 15) is 0 Å². The highest BCUT2D eigenvalue weighted by atomic mass is 79.9. The zero-order valence-electron chi connectivity index (χ0n) is 10.4. The lowest BCUT2D eigenvalue weighted by Gasteiger charge is -2.19. The van der Waals surface area contributed by atoms with Gasteiger partial charge in [-0.1, -0.05) is 51.8 Å². The van der Waals surface area contributed by atoms with Crippen LogP contribution in [0.2, 0.25) is 5.02 Å². The molecule has 0 radical (unpaired) electrons. The van der Waals surface area contributed by atoms with E-state index in [-0.39, 0.29) is 6.04 Å². The van der Waals surface area contributed by atoms with Gasteiger partial charge in [-0.05, 0) is 43.2 Å². The first-order chi connectivity index (χ1) is 8.59. The second-order valence-electron chi connectivity index (χ2n) is 4.30. The topological polar surface area (TPSA) is 12.0 Å². The number of hydrogen-bond donors (Lipinski definition) is 1. The molecule has 0 bridgehead atoms. The van der Waals surface area contributed by atoms with Crippen molar-refractivity contribution < 1.29 is 0 Å². The summed E-state index contributed by atoms with van der Waals surface area (Å²) in [7, 11) is 0. The van der Waals surface area contributed by atoms with E-state index in [1.807, 2.05) is 31.2 Å². The fourth-order valence-corrected chi connectivity index (χ4v) is 2.70. The lowest BCUT2D eigenvalue weighted by molar-refractivity contribution is 0.877. The summed E-state index contributed by atoms with van der Waals surface area (Å²) in [5.41, 5.74) is 3.39. The van der Waals surface area contributed by atoms with E-state index in [1.165, 1.54) is 5.56 Å². The molecule has 1 atom stereocenters. The third-order valence-electron chi connectivity index (χ3n) is 3.01. The number of nitrogens with one attached hydrogen (secondary N) is 1. The summed E-state index contributed by atoms with van der Waals surface area (Å²) >= 11 is 9.70. The van der Waals surface area contributed by atoms with Gasteiger partial charge >= 0.3 is 0 Å². The molecule has 0 aromatic heterocycles. The first-order valence-corrected chi connectivity index (χ1v) is 7.02. The fourth-order valence-electron chi connectivity index (χ4n) is 1.90. The highest BCUT2D eigenvalue weighted by molar-refractivity contribution is 9.10. The normalized spacial score (nSPS) is 12.2. The van der Waals surface area contributed by atoms with Crippen LogP contribution in [-0.2, 0) is 0 Å². The van der Waals surface area contributed by atoms with Crippen LogP contribution in [0.15, 0.2) is 46.9 Å². The molecule has 94 valence electrons. The van der Waals surface area contributed by atoms with Gasteiger partial charge < -0.3 is 5.32 Å². The first kappa shape index (κ1) is 13.4. The summed E-state index contributed by atoms with van der Waals surface area (Å²) in [6.45, 7) is 4.16. The minimum absolute atomic E-state index is 0.220. The highest BCUT2D eigenvalue weighted by Gasteiger charge is 2.10. The third kappa shape index (κ3) is 2.88. The van der Waals surface area contributed by atoms with Crippen LogP contribution in [0.4, 0.5) is 5.69 Å². The van der Waals surface area contributed by atoms with Crippen LogP contribution in [-0.4, -0.2) is 0 Å². The maximum atomic E-state index is 6.13. The Kier molecular flexibility index (Phi) is 4.31. The quantitative estimate of drug-likeness (QED) is 0.776. The Bertz CT molecular complexity index is 554. The molecule has 0 heterocycles. The number of anilines is 1. The van der Waals surface area contributed by atoms with E-state index in [4.69, 9.17) is 11.6 Å². The van der Waals surface area contributed by atoms with Gasteiger partial charge in [0.2, 0.25) is 0 Å². The van der Waals surface area contributed by atoms with Crippen molar-refractivity contribution in [2.45, 2.75) is 19.9 Å². The molecule has 0 aliphatic heterocycles. The Balaban J connectivity index is 2.24. The molecular formula is C15H15BrClN. The number of hydrogen-bond acceptors (Lipinski definition) is 1. The molecule has 1 N–H and O–H groups in total. The zero-order valence-corrected chi connectivity index (χ0v) is 12.7. The maximum absolute atomic E-state index is 6.13. The van der Waals surface area contributed by atoms with E-state index in [2.05, 4.69) is 46.4 Å². The van der Waals surface area contributed by atoms with E-state index >= 15 is 0 Å². The van der Waals surface area contributed by atoms with Crippen LogP contribution in [0.1, 0.15) is 24.1 Å². The molecule has 0 saturated heterocycles. The first-order valence-electron chi connectivity index (χ1n) is 5.85. The standard InChI is InChI=1S/C15H15BrClN/c1-10-14(17)8-5-9-15(10)18-11(2)12-6-3-4-7-13(12)16/h3-9,11,18H,1-2H3. The summed E-state index contributed by atoms with van der Waals surface area (Å²) in [6, 6.07) is 14.4. The summed E-state index contributed by atoms with van der Waals surface area (Å²) in [5, 5.41) is 4.28. The summed E-state index contributed by atoms with van der Waals surface area (Å²) < 4.78 is 1.12. The molecule has 0 fully saturated rings. The molecule has 0 amide bonds. The van der Waals surface area contributed by atoms with Gasteiger partial charge in [-0.3, -0.25) is 0 Å². The molecule has 2 aromatic rings. The van der Waals surface area contributed by atoms with Crippen molar-refractivity contribution in [3.63, 3.8) is 0 Å². The Morgan fingerprint density at radius 1 is 1.11 bits per heavy atom. The SMILES string of the molecule is Cc1c(Cl)cccc1NC(C)c1ccccc1Br. The summed E-state index contributed by atoms with van der Waals surface area (Å²) in [6.07, 6.45) is 0. The van der Waals surface area contributed by atoms with Crippen molar-refractivity contribution in [3.8, 4) is 0 Å². The van der Waals surface area contributed by atoms with Crippen LogP contribution < -0.4 is 5.32 Å². The number of rotatable bonds is 3. The van der Waals surface area contributed by atoms with E-state index in [1.54, 1.807) is 0 Å². The van der Waals surface area contributed by atoms with Crippen molar-refractivity contribution in [2.24, 2.45) is 0 Å². The lowest BCUT2D eigenvalue weighted by atomic mass is 10.1. The fraction of sp³-hybridized carbons (Fsp3) is 0.200. The van der Waals surface area contributed by atoms with E-state index in [0.717, 1.165) is 20.7 Å². The molecule has 18 heavy (non-hydrogen) atoms. The largest absolute Gasteiger partial charge is 0.378 e. The molecule has 2 aromatic carbocycles. The predicted molar refractivity (Wildman–Crippen MR) is 82.4 cm³/mol. The van der Waals surface area contributed by atoms with Gasteiger partial charge in [-0.15, -0.1) is 0 Å². The molecule has 1 nitrogen and oxygen atoms in total. The molecule has 0 aliphatic carbocycles. The molecule has 1 unspecified atom stereocenters. The minimum atomic E-state index is 0.220. The predicted octanol–water partition coefficient (Wildman–Crippen LogP) is 5.58. The van der Waals surface area contributed by atoms with Crippen LogP contribution in [0.25, 0.3) is 0 Å². The second kappa shape index (κ2) is 5.77. The Morgan fingerprint density at radius 2 is 1.83 bits per heavy atom. The summed E-state index contributed by atoms with van der Waals surface area (Å²) in [5.74, 6) is 0. The maximum Gasteiger partial charge on any atom is 0.0496 e. The smallest absolute Gasteiger partial charge is 0.0496 e. The average molecular weight is 325 g/mol. The molecule has 3 heteroatoms. The van der Waals surface area contributed by atoms with Gasteiger partial charge in [-0.2, -0.15) is 0 Å². The van der Waals surface area contributed by atoms with Gasteiger partial charge in [0.25, 0.3) is 0 Å². The molecule has 0 saturated carbocycles. The average Bonchev–Trinajstić information content (AvgIpc) is 2.35.